The van der Waals surface area contributed by atoms with Gasteiger partial charge >= 0.3 is 11.9 Å². The lowest BCUT2D eigenvalue weighted by Gasteiger charge is -2.22. The standard InChI is InChI=1S/C11H14FNO2S.C4H4O4/c12-9-3-5-10(6-4-9)16(14,15)11-2-1-7-13-8-11;5-3(6)1-2-4(7)8/h3-6,11,13H,1-2,7-8H2;1-2H,(H,5,6)(H,7,8)/b;2-1-. The Balaban J connectivity index is 0.000000307. The first kappa shape index (κ1) is 19.8. The van der Waals surface area contributed by atoms with Crippen LogP contribution in [0.15, 0.2) is 41.3 Å². The summed E-state index contributed by atoms with van der Waals surface area (Å²) in [5.74, 6) is -2.93. The zero-order chi connectivity index (χ0) is 18.2. The van der Waals surface area contributed by atoms with Gasteiger partial charge < -0.3 is 15.5 Å². The van der Waals surface area contributed by atoms with E-state index >= 15 is 0 Å². The van der Waals surface area contributed by atoms with E-state index < -0.39 is 27.6 Å². The molecule has 3 N–H and O–H groups in total. The summed E-state index contributed by atoms with van der Waals surface area (Å²) in [6.07, 6.45) is 2.66. The third kappa shape index (κ3) is 6.47. The first-order valence-electron chi connectivity index (χ1n) is 7.07. The molecule has 0 bridgehead atoms. The van der Waals surface area contributed by atoms with Gasteiger partial charge in [-0.25, -0.2) is 22.4 Å². The Kier molecular flexibility index (Phi) is 7.53. The molecule has 0 spiro atoms. The van der Waals surface area contributed by atoms with Crippen molar-refractivity contribution in [3.63, 3.8) is 0 Å². The van der Waals surface area contributed by atoms with Crippen molar-refractivity contribution in [2.24, 2.45) is 0 Å². The molecular formula is C15H18FNO6S. The second-order valence-electron chi connectivity index (χ2n) is 4.98. The lowest BCUT2D eigenvalue weighted by molar-refractivity contribution is -0.134. The van der Waals surface area contributed by atoms with E-state index in [1.165, 1.54) is 24.3 Å². The van der Waals surface area contributed by atoms with Crippen LogP contribution in [0.25, 0.3) is 0 Å². The molecule has 1 aromatic carbocycles. The van der Waals surface area contributed by atoms with E-state index in [0.717, 1.165) is 13.0 Å². The molecule has 0 amide bonds. The summed E-state index contributed by atoms with van der Waals surface area (Å²) < 4.78 is 37.0. The first-order chi connectivity index (χ1) is 11.2. The molecule has 24 heavy (non-hydrogen) atoms. The number of aliphatic carboxylic acids is 2. The van der Waals surface area contributed by atoms with Crippen LogP contribution in [0.2, 0.25) is 0 Å². The van der Waals surface area contributed by atoms with Crippen LogP contribution in [0.1, 0.15) is 12.8 Å². The van der Waals surface area contributed by atoms with E-state index in [9.17, 15) is 22.4 Å². The van der Waals surface area contributed by atoms with Crippen molar-refractivity contribution in [1.82, 2.24) is 5.32 Å². The molecule has 7 nitrogen and oxygen atoms in total. The van der Waals surface area contributed by atoms with Crippen LogP contribution in [0.5, 0.6) is 0 Å². The normalized spacial score (nSPS) is 17.8. The number of sulfone groups is 1. The van der Waals surface area contributed by atoms with Crippen LogP contribution in [0, 0.1) is 5.82 Å². The van der Waals surface area contributed by atoms with Crippen LogP contribution in [-0.4, -0.2) is 48.9 Å². The van der Waals surface area contributed by atoms with Crippen LogP contribution in [-0.2, 0) is 19.4 Å². The second kappa shape index (κ2) is 9.14. The van der Waals surface area contributed by atoms with Crippen molar-refractivity contribution >= 4 is 21.8 Å². The molecule has 1 saturated heterocycles. The van der Waals surface area contributed by atoms with Gasteiger partial charge in [-0.15, -0.1) is 0 Å². The van der Waals surface area contributed by atoms with Gasteiger partial charge in [-0.05, 0) is 43.7 Å². The van der Waals surface area contributed by atoms with Crippen molar-refractivity contribution < 1.29 is 32.6 Å². The number of rotatable bonds is 4. The van der Waals surface area contributed by atoms with Crippen molar-refractivity contribution in [1.29, 1.82) is 0 Å². The van der Waals surface area contributed by atoms with E-state index in [1.54, 1.807) is 0 Å². The van der Waals surface area contributed by atoms with E-state index in [4.69, 9.17) is 10.2 Å². The largest absolute Gasteiger partial charge is 0.478 e. The van der Waals surface area contributed by atoms with Crippen LogP contribution in [0.3, 0.4) is 0 Å². The van der Waals surface area contributed by atoms with Crippen LogP contribution in [0.4, 0.5) is 4.39 Å². The summed E-state index contributed by atoms with van der Waals surface area (Å²) in [5, 5.41) is 18.3. The maximum Gasteiger partial charge on any atom is 0.328 e. The summed E-state index contributed by atoms with van der Waals surface area (Å²) in [5.41, 5.74) is 0. The zero-order valence-electron chi connectivity index (χ0n) is 12.7. The first-order valence-corrected chi connectivity index (χ1v) is 8.62. The number of piperidine rings is 1. The lowest BCUT2D eigenvalue weighted by Crippen LogP contribution is -2.38. The van der Waals surface area contributed by atoms with Gasteiger partial charge in [-0.1, -0.05) is 0 Å². The molecule has 9 heteroatoms. The Hall–Kier alpha value is -2.26. The molecule has 2 rings (SSSR count). The molecular weight excluding hydrogens is 341 g/mol. The van der Waals surface area contributed by atoms with Gasteiger partial charge in [-0.3, -0.25) is 0 Å². The average molecular weight is 359 g/mol. The molecule has 0 radical (unpaired) electrons. The highest BCUT2D eigenvalue weighted by Gasteiger charge is 2.28. The highest BCUT2D eigenvalue weighted by molar-refractivity contribution is 7.92. The smallest absolute Gasteiger partial charge is 0.328 e. The summed E-state index contributed by atoms with van der Waals surface area (Å²) in [6.45, 7) is 1.36. The second-order valence-corrected chi connectivity index (χ2v) is 7.21. The topological polar surface area (TPSA) is 121 Å². The van der Waals surface area contributed by atoms with E-state index in [-0.39, 0.29) is 10.1 Å². The molecule has 1 atom stereocenters. The maximum absolute atomic E-state index is 12.7. The zero-order valence-corrected chi connectivity index (χ0v) is 13.5. The van der Waals surface area contributed by atoms with Gasteiger partial charge in [0.1, 0.15) is 5.82 Å². The Morgan fingerprint density at radius 3 is 2.08 bits per heavy atom. The van der Waals surface area contributed by atoms with Crippen molar-refractivity contribution in [2.75, 3.05) is 13.1 Å². The minimum Gasteiger partial charge on any atom is -0.478 e. The van der Waals surface area contributed by atoms with E-state index in [1.807, 2.05) is 0 Å². The number of hydrogen-bond donors (Lipinski definition) is 3. The van der Waals surface area contributed by atoms with Gasteiger partial charge in [0.05, 0.1) is 10.1 Å². The van der Waals surface area contributed by atoms with Crippen LogP contribution < -0.4 is 5.32 Å². The lowest BCUT2D eigenvalue weighted by atomic mass is 10.2. The number of carboxylic acid groups (broad SMARTS) is 2. The monoisotopic (exact) mass is 359 g/mol. The van der Waals surface area contributed by atoms with Crippen molar-refractivity contribution in [3.05, 3.63) is 42.2 Å². The molecule has 0 aliphatic carbocycles. The number of halogens is 1. The summed E-state index contributed by atoms with van der Waals surface area (Å²) in [7, 11) is -3.31. The van der Waals surface area contributed by atoms with Gasteiger partial charge in [0.2, 0.25) is 0 Å². The molecule has 1 aliphatic rings. The number of carboxylic acids is 2. The minimum absolute atomic E-state index is 0.211. The SMILES string of the molecule is O=C(O)/C=C\C(=O)O.O=S(=O)(c1ccc(F)cc1)C1CCCNC1. The van der Waals surface area contributed by atoms with Crippen LogP contribution >= 0.6 is 0 Å². The van der Waals surface area contributed by atoms with Gasteiger partial charge in [0.25, 0.3) is 0 Å². The molecule has 1 fully saturated rings. The molecule has 132 valence electrons. The summed E-state index contributed by atoms with van der Waals surface area (Å²) in [6, 6.07) is 5.03. The molecule has 1 unspecified atom stereocenters. The Bertz CT molecular complexity index is 677. The fraction of sp³-hybridized carbons (Fsp3) is 0.333. The predicted molar refractivity (Wildman–Crippen MR) is 83.9 cm³/mol. The highest BCUT2D eigenvalue weighted by Crippen LogP contribution is 2.21. The Morgan fingerprint density at radius 2 is 1.67 bits per heavy atom. The molecule has 0 aromatic heterocycles. The van der Waals surface area contributed by atoms with Gasteiger partial charge in [0.15, 0.2) is 9.84 Å². The van der Waals surface area contributed by atoms with E-state index in [2.05, 4.69) is 5.32 Å². The number of benzene rings is 1. The fourth-order valence-corrected chi connectivity index (χ4v) is 3.76. The Morgan fingerprint density at radius 1 is 1.12 bits per heavy atom. The van der Waals surface area contributed by atoms with Gasteiger partial charge in [0, 0.05) is 18.7 Å². The molecule has 1 heterocycles. The molecule has 0 saturated carbocycles. The average Bonchev–Trinajstić information content (AvgIpc) is 2.55. The van der Waals surface area contributed by atoms with Crippen molar-refractivity contribution in [3.8, 4) is 0 Å². The predicted octanol–water partition coefficient (Wildman–Crippen LogP) is 1.06. The maximum atomic E-state index is 12.7. The molecule has 1 aromatic rings. The molecule has 1 aliphatic heterocycles. The number of nitrogens with one attached hydrogen (secondary N) is 1. The fourth-order valence-electron chi connectivity index (χ4n) is 2.04. The minimum atomic E-state index is -3.31. The van der Waals surface area contributed by atoms with Crippen molar-refractivity contribution in [2.45, 2.75) is 23.0 Å². The quantitative estimate of drug-likeness (QED) is 0.543. The highest BCUT2D eigenvalue weighted by atomic mass is 32.2. The van der Waals surface area contributed by atoms with E-state index in [0.29, 0.717) is 25.1 Å². The third-order valence-corrected chi connectivity index (χ3v) is 5.41. The Labute approximate surface area is 138 Å². The third-order valence-electron chi connectivity index (χ3n) is 3.20. The summed E-state index contributed by atoms with van der Waals surface area (Å²) >= 11 is 0. The van der Waals surface area contributed by atoms with Gasteiger partial charge in [-0.2, -0.15) is 0 Å². The number of hydrogen-bond acceptors (Lipinski definition) is 5. The number of carbonyl (C=O) groups is 2. The summed E-state index contributed by atoms with van der Waals surface area (Å²) in [4.78, 5) is 19.3.